The Morgan fingerprint density at radius 3 is 2.30 bits per heavy atom. The van der Waals surface area contributed by atoms with Crippen LogP contribution in [0.3, 0.4) is 0 Å². The van der Waals surface area contributed by atoms with E-state index in [-0.39, 0.29) is 42.4 Å². The van der Waals surface area contributed by atoms with E-state index in [1.165, 1.54) is 0 Å². The SMILES string of the molecule is CC[C@H](O)C(C)[C@H]1[C@@H](O[C@H]2C(C)C(C)[C@@H](C)O[C@@H]2CC)C1(C)O. The van der Waals surface area contributed by atoms with Crippen molar-refractivity contribution in [2.75, 3.05) is 0 Å². The lowest BCUT2D eigenvalue weighted by molar-refractivity contribution is -0.192. The number of rotatable bonds is 6. The molecule has 0 aromatic carbocycles. The number of hydrogen-bond acceptors (Lipinski definition) is 4. The molecule has 0 spiro atoms. The Kier molecular flexibility index (Phi) is 5.82. The summed E-state index contributed by atoms with van der Waals surface area (Å²) in [6, 6.07) is 0. The van der Waals surface area contributed by atoms with Gasteiger partial charge in [-0.1, -0.05) is 34.6 Å². The summed E-state index contributed by atoms with van der Waals surface area (Å²) < 4.78 is 12.5. The molecule has 0 amide bonds. The normalized spacial score (nSPS) is 49.7. The molecule has 2 rings (SSSR count). The highest BCUT2D eigenvalue weighted by Crippen LogP contribution is 2.53. The summed E-state index contributed by atoms with van der Waals surface area (Å²) in [5.74, 6) is 0.865. The molecule has 2 aliphatic rings. The van der Waals surface area contributed by atoms with E-state index in [9.17, 15) is 10.2 Å². The van der Waals surface area contributed by atoms with Crippen LogP contribution in [0.5, 0.6) is 0 Å². The zero-order chi connectivity index (χ0) is 17.5. The van der Waals surface area contributed by atoms with Gasteiger partial charge >= 0.3 is 0 Å². The van der Waals surface area contributed by atoms with Gasteiger partial charge in [0.25, 0.3) is 0 Å². The fourth-order valence-electron chi connectivity index (χ4n) is 4.39. The topological polar surface area (TPSA) is 58.9 Å². The second kappa shape index (κ2) is 6.99. The van der Waals surface area contributed by atoms with Crippen LogP contribution in [0.4, 0.5) is 0 Å². The molecule has 4 heteroatoms. The minimum Gasteiger partial charge on any atom is -0.393 e. The lowest BCUT2D eigenvalue weighted by Crippen LogP contribution is -2.50. The lowest BCUT2D eigenvalue weighted by atomic mass is 9.81. The number of aliphatic hydroxyl groups excluding tert-OH is 1. The van der Waals surface area contributed by atoms with Crippen molar-refractivity contribution >= 4 is 0 Å². The van der Waals surface area contributed by atoms with Gasteiger partial charge in [-0.25, -0.2) is 0 Å². The Bertz CT molecular complexity index is 395. The van der Waals surface area contributed by atoms with E-state index < -0.39 is 5.60 Å². The van der Waals surface area contributed by atoms with Gasteiger partial charge in [0.05, 0.1) is 36.1 Å². The van der Waals surface area contributed by atoms with Crippen molar-refractivity contribution in [3.05, 3.63) is 0 Å². The lowest BCUT2D eigenvalue weighted by Gasteiger charge is -2.43. The van der Waals surface area contributed by atoms with E-state index in [0.717, 1.165) is 6.42 Å². The molecule has 4 nitrogen and oxygen atoms in total. The molecular formula is C19H36O4. The molecule has 1 saturated heterocycles. The van der Waals surface area contributed by atoms with E-state index in [1.807, 2.05) is 20.8 Å². The first kappa shape index (κ1) is 19.2. The number of ether oxygens (including phenoxy) is 2. The van der Waals surface area contributed by atoms with Crippen molar-refractivity contribution in [1.29, 1.82) is 0 Å². The van der Waals surface area contributed by atoms with Crippen molar-refractivity contribution in [3.8, 4) is 0 Å². The van der Waals surface area contributed by atoms with Crippen LogP contribution in [-0.2, 0) is 9.47 Å². The summed E-state index contributed by atoms with van der Waals surface area (Å²) >= 11 is 0. The van der Waals surface area contributed by atoms with Crippen LogP contribution in [0.25, 0.3) is 0 Å². The van der Waals surface area contributed by atoms with Crippen LogP contribution in [0.15, 0.2) is 0 Å². The Balaban J connectivity index is 2.08. The molecule has 136 valence electrons. The van der Waals surface area contributed by atoms with Gasteiger partial charge in [-0.3, -0.25) is 0 Å². The van der Waals surface area contributed by atoms with Crippen molar-refractivity contribution in [2.45, 2.75) is 97.4 Å². The zero-order valence-corrected chi connectivity index (χ0v) is 15.8. The molecule has 23 heavy (non-hydrogen) atoms. The van der Waals surface area contributed by atoms with Crippen molar-refractivity contribution < 1.29 is 19.7 Å². The minimum absolute atomic E-state index is 0.00295. The molecule has 2 fully saturated rings. The summed E-state index contributed by atoms with van der Waals surface area (Å²) in [6.45, 7) is 14.5. The largest absolute Gasteiger partial charge is 0.393 e. The fourth-order valence-corrected chi connectivity index (χ4v) is 4.39. The monoisotopic (exact) mass is 328 g/mol. The maximum Gasteiger partial charge on any atom is 0.0941 e. The van der Waals surface area contributed by atoms with Crippen LogP contribution >= 0.6 is 0 Å². The van der Waals surface area contributed by atoms with Crippen LogP contribution in [0.2, 0.25) is 0 Å². The third-order valence-corrected chi connectivity index (χ3v) is 6.61. The van der Waals surface area contributed by atoms with E-state index in [0.29, 0.717) is 18.3 Å². The average Bonchev–Trinajstić information content (AvgIpc) is 3.06. The van der Waals surface area contributed by atoms with Crippen LogP contribution in [-0.4, -0.2) is 46.3 Å². The molecule has 0 aromatic heterocycles. The number of hydrogen-bond donors (Lipinski definition) is 2. The molecule has 0 bridgehead atoms. The molecule has 1 aliphatic carbocycles. The standard InChI is InChI=1S/C19H36O4/c1-8-14(20)12(5)16-18(19(16,7)21)23-17-11(4)10(3)13(6)22-15(17)9-2/h10-18,20-21H,8-9H2,1-7H3/t10?,11?,12?,13-,14+,15-,16+,17+,18-,19?/m1/s1. The Labute approximate surface area is 141 Å². The van der Waals surface area contributed by atoms with Gasteiger partial charge in [0.15, 0.2) is 0 Å². The highest BCUT2D eigenvalue weighted by Gasteiger charge is 2.66. The van der Waals surface area contributed by atoms with Crippen molar-refractivity contribution in [3.63, 3.8) is 0 Å². The Hall–Kier alpha value is -0.160. The third-order valence-electron chi connectivity index (χ3n) is 6.61. The molecular weight excluding hydrogens is 292 g/mol. The van der Waals surface area contributed by atoms with Gasteiger partial charge in [0.2, 0.25) is 0 Å². The molecule has 1 saturated carbocycles. The van der Waals surface area contributed by atoms with Gasteiger partial charge in [-0.05, 0) is 44.4 Å². The van der Waals surface area contributed by atoms with E-state index in [4.69, 9.17) is 9.47 Å². The average molecular weight is 328 g/mol. The number of aliphatic hydroxyl groups is 2. The van der Waals surface area contributed by atoms with Gasteiger partial charge in [0, 0.05) is 5.92 Å². The van der Waals surface area contributed by atoms with Crippen molar-refractivity contribution in [1.82, 2.24) is 0 Å². The molecule has 10 atom stereocenters. The molecule has 1 heterocycles. The highest BCUT2D eigenvalue weighted by atomic mass is 16.6. The first-order chi connectivity index (χ1) is 10.7. The fraction of sp³-hybridized carbons (Fsp3) is 1.00. The maximum absolute atomic E-state index is 10.7. The van der Waals surface area contributed by atoms with Gasteiger partial charge in [0.1, 0.15) is 0 Å². The van der Waals surface area contributed by atoms with E-state index in [1.54, 1.807) is 0 Å². The third kappa shape index (κ3) is 3.46. The molecule has 1 aliphatic heterocycles. The molecule has 2 N–H and O–H groups in total. The van der Waals surface area contributed by atoms with Crippen molar-refractivity contribution in [2.24, 2.45) is 23.7 Å². The first-order valence-corrected chi connectivity index (χ1v) is 9.38. The van der Waals surface area contributed by atoms with Crippen LogP contribution in [0, 0.1) is 23.7 Å². The highest BCUT2D eigenvalue weighted by molar-refractivity contribution is 5.14. The quantitative estimate of drug-likeness (QED) is 0.787. The summed E-state index contributed by atoms with van der Waals surface area (Å²) in [6.07, 6.45) is 1.36. The van der Waals surface area contributed by atoms with Gasteiger partial charge in [-0.15, -0.1) is 0 Å². The molecule has 0 aromatic rings. The first-order valence-electron chi connectivity index (χ1n) is 9.38. The second-order valence-electron chi connectivity index (χ2n) is 8.11. The minimum atomic E-state index is -0.847. The summed E-state index contributed by atoms with van der Waals surface area (Å²) in [5.41, 5.74) is -0.847. The van der Waals surface area contributed by atoms with E-state index >= 15 is 0 Å². The smallest absolute Gasteiger partial charge is 0.0941 e. The van der Waals surface area contributed by atoms with Crippen LogP contribution in [0.1, 0.15) is 61.3 Å². The molecule has 4 unspecified atom stereocenters. The zero-order valence-electron chi connectivity index (χ0n) is 15.8. The van der Waals surface area contributed by atoms with Crippen LogP contribution < -0.4 is 0 Å². The molecule has 0 radical (unpaired) electrons. The summed E-state index contributed by atoms with van der Waals surface area (Å²) in [7, 11) is 0. The predicted molar refractivity (Wildman–Crippen MR) is 91.2 cm³/mol. The maximum atomic E-state index is 10.7. The van der Waals surface area contributed by atoms with Gasteiger partial charge in [-0.2, -0.15) is 0 Å². The predicted octanol–water partition coefficient (Wildman–Crippen LogP) is 3.00. The van der Waals surface area contributed by atoms with E-state index in [2.05, 4.69) is 27.7 Å². The second-order valence-corrected chi connectivity index (χ2v) is 8.11. The summed E-state index contributed by atoms with van der Waals surface area (Å²) in [5, 5.41) is 20.8. The van der Waals surface area contributed by atoms with Gasteiger partial charge < -0.3 is 19.7 Å². The summed E-state index contributed by atoms with van der Waals surface area (Å²) in [4.78, 5) is 0. The Morgan fingerprint density at radius 1 is 1.17 bits per heavy atom. The Morgan fingerprint density at radius 2 is 1.78 bits per heavy atom.